The first-order valence-electron chi connectivity index (χ1n) is 13.2. The molecule has 202 valence electrons. The average Bonchev–Trinajstić information content (AvgIpc) is 2.86. The van der Waals surface area contributed by atoms with Crippen molar-refractivity contribution < 1.29 is 13.9 Å². The molecule has 1 atom stereocenters. The van der Waals surface area contributed by atoms with Crippen molar-refractivity contribution in [3.05, 3.63) is 69.7 Å². The quantitative estimate of drug-likeness (QED) is 0.466. The molecule has 1 saturated heterocycles. The van der Waals surface area contributed by atoms with Crippen molar-refractivity contribution in [2.75, 3.05) is 31.1 Å². The zero-order valence-corrected chi connectivity index (χ0v) is 23.3. The standard InChI is InChI=1S/C30H38FN5O2/c1-7-23-13-25(31)21(5)26(14-23)38-17-24-22(6)33-29(28-18(2)9-8-10-19(28)3)34-30(24)36-12-11-35(16-27(32)37)20(4)15-36/h8-10,13-14,20H,7,11-12,15-17H2,1-6H3,(H2,32,37). The fraction of sp³-hybridized carbons (Fsp3) is 0.433. The molecule has 1 amide bonds. The van der Waals surface area contributed by atoms with E-state index >= 15 is 0 Å². The van der Waals surface area contributed by atoms with Gasteiger partial charge in [0.25, 0.3) is 0 Å². The predicted molar refractivity (Wildman–Crippen MR) is 149 cm³/mol. The minimum Gasteiger partial charge on any atom is -0.488 e. The van der Waals surface area contributed by atoms with E-state index in [9.17, 15) is 9.18 Å². The number of hydrogen-bond donors (Lipinski definition) is 1. The second-order valence-electron chi connectivity index (χ2n) is 10.3. The summed E-state index contributed by atoms with van der Waals surface area (Å²) in [5, 5.41) is 0. The molecule has 1 unspecified atom stereocenters. The second-order valence-corrected chi connectivity index (χ2v) is 10.3. The summed E-state index contributed by atoms with van der Waals surface area (Å²) in [7, 11) is 0. The summed E-state index contributed by atoms with van der Waals surface area (Å²) in [5.74, 6) is 1.43. The van der Waals surface area contributed by atoms with Gasteiger partial charge in [-0.2, -0.15) is 0 Å². The molecule has 2 aromatic carbocycles. The van der Waals surface area contributed by atoms with Crippen molar-refractivity contribution in [3.63, 3.8) is 0 Å². The topological polar surface area (TPSA) is 84.6 Å². The highest BCUT2D eigenvalue weighted by atomic mass is 19.1. The van der Waals surface area contributed by atoms with Crippen LogP contribution >= 0.6 is 0 Å². The summed E-state index contributed by atoms with van der Waals surface area (Å²) in [4.78, 5) is 25.9. The van der Waals surface area contributed by atoms with E-state index < -0.39 is 0 Å². The number of benzene rings is 2. The molecule has 4 rings (SSSR count). The molecule has 0 aliphatic carbocycles. The second kappa shape index (κ2) is 11.5. The number of anilines is 1. The van der Waals surface area contributed by atoms with Crippen LogP contribution in [0.15, 0.2) is 30.3 Å². The Hall–Kier alpha value is -3.52. The highest BCUT2D eigenvalue weighted by molar-refractivity contribution is 5.76. The van der Waals surface area contributed by atoms with Crippen LogP contribution in [-0.2, 0) is 17.8 Å². The van der Waals surface area contributed by atoms with Crippen molar-refractivity contribution in [2.24, 2.45) is 5.73 Å². The Balaban J connectivity index is 1.74. The fourth-order valence-electron chi connectivity index (χ4n) is 5.12. The number of halogens is 1. The lowest BCUT2D eigenvalue weighted by molar-refractivity contribution is -0.119. The summed E-state index contributed by atoms with van der Waals surface area (Å²) in [6, 6.07) is 9.76. The number of piperazine rings is 1. The van der Waals surface area contributed by atoms with Gasteiger partial charge in [0, 0.05) is 36.8 Å². The van der Waals surface area contributed by atoms with Crippen LogP contribution in [0.4, 0.5) is 10.2 Å². The van der Waals surface area contributed by atoms with E-state index in [2.05, 4.69) is 42.7 Å². The lowest BCUT2D eigenvalue weighted by atomic mass is 10.0. The maximum Gasteiger partial charge on any atom is 0.231 e. The highest BCUT2D eigenvalue weighted by Crippen LogP contribution is 2.32. The van der Waals surface area contributed by atoms with E-state index in [-0.39, 0.29) is 30.9 Å². The van der Waals surface area contributed by atoms with Crippen molar-refractivity contribution in [1.29, 1.82) is 0 Å². The van der Waals surface area contributed by atoms with Crippen LogP contribution in [0.1, 0.15) is 47.4 Å². The Morgan fingerprint density at radius 3 is 2.47 bits per heavy atom. The number of nitrogens with two attached hydrogens (primary N) is 1. The third kappa shape index (κ3) is 5.80. The maximum atomic E-state index is 14.5. The van der Waals surface area contributed by atoms with Gasteiger partial charge in [-0.25, -0.2) is 14.4 Å². The van der Waals surface area contributed by atoms with Gasteiger partial charge in [0.05, 0.1) is 17.8 Å². The van der Waals surface area contributed by atoms with Crippen LogP contribution in [0.3, 0.4) is 0 Å². The van der Waals surface area contributed by atoms with Crippen LogP contribution < -0.4 is 15.4 Å². The first-order valence-corrected chi connectivity index (χ1v) is 13.2. The number of carbonyl (C=O) groups excluding carboxylic acids is 1. The number of primary amides is 1. The molecule has 1 aliphatic rings. The summed E-state index contributed by atoms with van der Waals surface area (Å²) >= 11 is 0. The first-order chi connectivity index (χ1) is 18.1. The molecule has 7 nitrogen and oxygen atoms in total. The van der Waals surface area contributed by atoms with Gasteiger partial charge in [-0.05, 0) is 69.9 Å². The smallest absolute Gasteiger partial charge is 0.231 e. The lowest BCUT2D eigenvalue weighted by Gasteiger charge is -2.40. The van der Waals surface area contributed by atoms with Gasteiger partial charge in [-0.1, -0.05) is 25.1 Å². The molecular weight excluding hydrogens is 481 g/mol. The molecule has 8 heteroatoms. The number of aryl methyl sites for hydroxylation is 4. The van der Waals surface area contributed by atoms with E-state index in [1.54, 1.807) is 13.0 Å². The molecule has 0 saturated carbocycles. The fourth-order valence-corrected chi connectivity index (χ4v) is 5.12. The highest BCUT2D eigenvalue weighted by Gasteiger charge is 2.28. The largest absolute Gasteiger partial charge is 0.488 e. The number of carbonyl (C=O) groups is 1. The molecule has 2 heterocycles. The van der Waals surface area contributed by atoms with Crippen molar-refractivity contribution in [2.45, 2.75) is 60.6 Å². The van der Waals surface area contributed by atoms with Gasteiger partial charge in [0.1, 0.15) is 24.0 Å². The Kier molecular flexibility index (Phi) is 8.31. The molecular formula is C30H38FN5O2. The van der Waals surface area contributed by atoms with Crippen LogP contribution in [0, 0.1) is 33.5 Å². The van der Waals surface area contributed by atoms with Gasteiger partial charge in [-0.3, -0.25) is 9.69 Å². The predicted octanol–water partition coefficient (Wildman–Crippen LogP) is 4.65. The first kappa shape index (κ1) is 27.5. The summed E-state index contributed by atoms with van der Waals surface area (Å²) in [6.07, 6.45) is 0.721. The molecule has 38 heavy (non-hydrogen) atoms. The number of aromatic nitrogens is 2. The molecule has 0 bridgehead atoms. The van der Waals surface area contributed by atoms with Crippen LogP contribution in [-0.4, -0.2) is 53.0 Å². The monoisotopic (exact) mass is 519 g/mol. The minimum absolute atomic E-state index is 0.113. The minimum atomic E-state index is -0.327. The third-order valence-electron chi connectivity index (χ3n) is 7.46. The Bertz CT molecular complexity index is 1320. The Labute approximate surface area is 224 Å². The number of rotatable bonds is 8. The zero-order valence-electron chi connectivity index (χ0n) is 23.3. The summed E-state index contributed by atoms with van der Waals surface area (Å²) in [6.45, 7) is 14.5. The summed E-state index contributed by atoms with van der Waals surface area (Å²) < 4.78 is 20.8. The van der Waals surface area contributed by atoms with Gasteiger partial charge in [0.2, 0.25) is 5.91 Å². The maximum absolute atomic E-state index is 14.5. The van der Waals surface area contributed by atoms with Crippen LogP contribution in [0.5, 0.6) is 5.75 Å². The van der Waals surface area contributed by atoms with Crippen LogP contribution in [0.2, 0.25) is 0 Å². The van der Waals surface area contributed by atoms with E-state index in [4.69, 9.17) is 20.4 Å². The van der Waals surface area contributed by atoms with Crippen LogP contribution in [0.25, 0.3) is 11.4 Å². The van der Waals surface area contributed by atoms with E-state index in [1.165, 1.54) is 0 Å². The molecule has 3 aromatic rings. The average molecular weight is 520 g/mol. The number of amides is 1. The normalized spacial score (nSPS) is 16.1. The molecule has 1 aromatic heterocycles. The van der Waals surface area contributed by atoms with Gasteiger partial charge >= 0.3 is 0 Å². The summed E-state index contributed by atoms with van der Waals surface area (Å²) in [5.41, 5.74) is 11.8. The third-order valence-corrected chi connectivity index (χ3v) is 7.46. The zero-order chi connectivity index (χ0) is 27.6. The SMILES string of the molecule is CCc1cc(F)c(C)c(OCc2c(C)nc(-c3c(C)cccc3C)nc2N2CCN(CC(N)=O)C(C)C2)c1. The van der Waals surface area contributed by atoms with Gasteiger partial charge < -0.3 is 15.4 Å². The van der Waals surface area contributed by atoms with Crippen molar-refractivity contribution in [3.8, 4) is 17.1 Å². The van der Waals surface area contributed by atoms with E-state index in [0.29, 0.717) is 36.8 Å². The molecule has 0 radical (unpaired) electrons. The van der Waals surface area contributed by atoms with Gasteiger partial charge in [-0.15, -0.1) is 0 Å². The molecule has 1 fully saturated rings. The lowest BCUT2D eigenvalue weighted by Crippen LogP contribution is -2.54. The Morgan fingerprint density at radius 1 is 1.13 bits per heavy atom. The Morgan fingerprint density at radius 2 is 1.84 bits per heavy atom. The number of hydrogen-bond acceptors (Lipinski definition) is 6. The molecule has 2 N–H and O–H groups in total. The molecule has 0 spiro atoms. The van der Waals surface area contributed by atoms with Crippen molar-refractivity contribution in [1.82, 2.24) is 14.9 Å². The van der Waals surface area contributed by atoms with E-state index in [0.717, 1.165) is 45.7 Å². The van der Waals surface area contributed by atoms with Crippen molar-refractivity contribution >= 4 is 11.7 Å². The van der Waals surface area contributed by atoms with Gasteiger partial charge in [0.15, 0.2) is 5.82 Å². The molecule has 1 aliphatic heterocycles. The number of nitrogens with zero attached hydrogens (tertiary/aromatic N) is 4. The van der Waals surface area contributed by atoms with E-state index in [1.807, 2.05) is 26.0 Å². The number of ether oxygens (including phenoxy) is 1.